The van der Waals surface area contributed by atoms with Crippen LogP contribution >= 0.6 is 0 Å². The third-order valence-corrected chi connectivity index (χ3v) is 4.97. The number of ketones is 2. The highest BCUT2D eigenvalue weighted by atomic mass is 19.1. The number of rotatable bonds is 9. The van der Waals surface area contributed by atoms with E-state index in [1.54, 1.807) is 25.1 Å². The summed E-state index contributed by atoms with van der Waals surface area (Å²) in [5.41, 5.74) is 0.865. The van der Waals surface area contributed by atoms with Crippen LogP contribution in [0.2, 0.25) is 0 Å². The second kappa shape index (κ2) is 9.00. The van der Waals surface area contributed by atoms with Crippen LogP contribution in [0.25, 0.3) is 10.8 Å². The molecule has 0 spiro atoms. The number of amides is 1. The average Bonchev–Trinajstić information content (AvgIpc) is 3.23. The number of carboxylic acids is 1. The molecule has 0 fully saturated rings. The molecule has 2 heterocycles. The fraction of sp³-hybridized carbons (Fsp3) is 0.286. The Bertz CT molecular complexity index is 1080. The molecule has 1 aliphatic rings. The molecule has 2 atom stereocenters. The number of hydroxylamine groups is 1. The van der Waals surface area contributed by atoms with Crippen molar-refractivity contribution in [3.05, 3.63) is 54.0 Å². The zero-order valence-electron chi connectivity index (χ0n) is 16.6. The second-order valence-electron chi connectivity index (χ2n) is 6.94. The summed E-state index contributed by atoms with van der Waals surface area (Å²) in [6.45, 7) is 0.174. The molecule has 1 amide bonds. The zero-order chi connectivity index (χ0) is 22.6. The Kier molecular flexibility index (Phi) is 6.40. The topological polar surface area (TPSA) is 135 Å². The van der Waals surface area contributed by atoms with E-state index in [1.165, 1.54) is 12.3 Å². The van der Waals surface area contributed by atoms with E-state index in [2.05, 4.69) is 15.8 Å². The van der Waals surface area contributed by atoms with Gasteiger partial charge in [0.1, 0.15) is 24.1 Å². The van der Waals surface area contributed by atoms with Crippen molar-refractivity contribution >= 4 is 34.2 Å². The highest BCUT2D eigenvalue weighted by Gasteiger charge is 2.44. The minimum Gasteiger partial charge on any atom is -0.481 e. The number of hydrogen-bond acceptors (Lipinski definition) is 7. The Labute approximate surface area is 176 Å². The van der Waals surface area contributed by atoms with Crippen LogP contribution in [0.3, 0.4) is 0 Å². The highest BCUT2D eigenvalue weighted by Crippen LogP contribution is 2.27. The standard InChI is InChI=1S/C21H20FN3O6/c1-2-21(20(30)24-14(9-17(27)28)16(26)11-22)10-15(25-31-21)19(29)18-13-6-4-3-5-12(13)7-8-23-18/h3-8,10,14,25H,2,9,11H2,1H3,(H,24,30)(H,27,28). The molecule has 0 bridgehead atoms. The van der Waals surface area contributed by atoms with Gasteiger partial charge in [-0.2, -0.15) is 0 Å². The molecule has 2 unspecified atom stereocenters. The maximum atomic E-state index is 13.0. The molecule has 3 N–H and O–H groups in total. The van der Waals surface area contributed by atoms with Gasteiger partial charge in [-0.15, -0.1) is 0 Å². The number of aliphatic carboxylic acids is 1. The van der Waals surface area contributed by atoms with Gasteiger partial charge in [0.2, 0.25) is 5.78 Å². The van der Waals surface area contributed by atoms with Crippen LogP contribution in [0, 0.1) is 0 Å². The quantitative estimate of drug-likeness (QED) is 0.510. The van der Waals surface area contributed by atoms with Crippen LogP contribution in [-0.2, 0) is 19.2 Å². The first kappa shape index (κ1) is 22.0. The Hall–Kier alpha value is -3.66. The van der Waals surface area contributed by atoms with E-state index in [1.807, 2.05) is 12.1 Å². The minimum absolute atomic E-state index is 0.0348. The fourth-order valence-corrected chi connectivity index (χ4v) is 3.22. The largest absolute Gasteiger partial charge is 0.481 e. The molecule has 1 aromatic carbocycles. The van der Waals surface area contributed by atoms with Crippen LogP contribution in [0.15, 0.2) is 48.3 Å². The zero-order valence-corrected chi connectivity index (χ0v) is 16.6. The number of nitrogens with one attached hydrogen (secondary N) is 2. The normalized spacial score (nSPS) is 18.7. The fourth-order valence-electron chi connectivity index (χ4n) is 3.22. The number of fused-ring (bicyclic) bond motifs is 1. The van der Waals surface area contributed by atoms with Gasteiger partial charge in [0, 0.05) is 11.6 Å². The summed E-state index contributed by atoms with van der Waals surface area (Å²) < 4.78 is 12.8. The molecular weight excluding hydrogens is 409 g/mol. The maximum absolute atomic E-state index is 13.0. The number of allylic oxidation sites excluding steroid dienone is 1. The van der Waals surface area contributed by atoms with Crippen LogP contribution in [0.4, 0.5) is 4.39 Å². The number of carbonyl (C=O) groups is 4. The summed E-state index contributed by atoms with van der Waals surface area (Å²) in [5.74, 6) is -3.84. The Morgan fingerprint density at radius 3 is 2.68 bits per heavy atom. The third-order valence-electron chi connectivity index (χ3n) is 4.97. The van der Waals surface area contributed by atoms with E-state index in [0.29, 0.717) is 5.39 Å². The van der Waals surface area contributed by atoms with Crippen molar-refractivity contribution < 1.29 is 33.5 Å². The SMILES string of the molecule is CCC1(C(=O)NC(CC(=O)O)C(=O)CF)C=C(C(=O)c2nccc3ccccc23)NO1. The number of nitrogens with zero attached hydrogens (tertiary/aromatic N) is 1. The highest BCUT2D eigenvalue weighted by molar-refractivity contribution is 6.15. The summed E-state index contributed by atoms with van der Waals surface area (Å²) in [6, 6.07) is 7.36. The van der Waals surface area contributed by atoms with Gasteiger partial charge in [-0.3, -0.25) is 34.5 Å². The lowest BCUT2D eigenvalue weighted by Gasteiger charge is -2.25. The predicted molar refractivity (Wildman–Crippen MR) is 107 cm³/mol. The number of hydrogen-bond donors (Lipinski definition) is 3. The number of pyridine rings is 1. The van der Waals surface area contributed by atoms with Gasteiger partial charge < -0.3 is 10.4 Å². The van der Waals surface area contributed by atoms with Crippen LogP contribution < -0.4 is 10.8 Å². The summed E-state index contributed by atoms with van der Waals surface area (Å²) in [4.78, 5) is 58.0. The molecule has 0 saturated heterocycles. The molecular formula is C21H20FN3O6. The van der Waals surface area contributed by atoms with Gasteiger partial charge in [-0.25, -0.2) is 4.39 Å². The number of halogens is 1. The van der Waals surface area contributed by atoms with Gasteiger partial charge in [-0.05, 0) is 23.9 Å². The second-order valence-corrected chi connectivity index (χ2v) is 6.94. The molecule has 31 heavy (non-hydrogen) atoms. The summed E-state index contributed by atoms with van der Waals surface area (Å²) in [6.07, 6.45) is 2.02. The number of alkyl halides is 1. The minimum atomic E-state index is -1.69. The molecule has 1 aliphatic heterocycles. The summed E-state index contributed by atoms with van der Waals surface area (Å²) >= 11 is 0. The molecule has 0 radical (unpaired) electrons. The number of benzene rings is 1. The molecule has 1 aromatic heterocycles. The Morgan fingerprint density at radius 1 is 1.26 bits per heavy atom. The number of Topliss-reactive ketones (excluding diaryl/α,β-unsaturated/α-hetero) is 2. The molecule has 10 heteroatoms. The average molecular weight is 429 g/mol. The molecule has 2 aromatic rings. The molecule has 0 aliphatic carbocycles. The van der Waals surface area contributed by atoms with Crippen molar-refractivity contribution in [1.29, 1.82) is 0 Å². The smallest absolute Gasteiger partial charge is 0.305 e. The van der Waals surface area contributed by atoms with E-state index in [4.69, 9.17) is 9.94 Å². The number of aromatic nitrogens is 1. The van der Waals surface area contributed by atoms with Gasteiger partial charge in [0.05, 0.1) is 6.42 Å². The first-order chi connectivity index (χ1) is 14.8. The van der Waals surface area contributed by atoms with Gasteiger partial charge in [0.25, 0.3) is 5.91 Å². The molecule has 9 nitrogen and oxygen atoms in total. The van der Waals surface area contributed by atoms with Crippen LogP contribution in [-0.4, -0.2) is 51.9 Å². The monoisotopic (exact) mass is 429 g/mol. The number of carbonyl (C=O) groups excluding carboxylic acids is 3. The van der Waals surface area contributed by atoms with Crippen LogP contribution in [0.1, 0.15) is 30.3 Å². The predicted octanol–water partition coefficient (Wildman–Crippen LogP) is 1.48. The Morgan fingerprint density at radius 2 is 2.00 bits per heavy atom. The van der Waals surface area contributed by atoms with Crippen molar-refractivity contribution in [2.75, 3.05) is 6.67 Å². The first-order valence-corrected chi connectivity index (χ1v) is 9.48. The van der Waals surface area contributed by atoms with E-state index in [9.17, 15) is 23.6 Å². The van der Waals surface area contributed by atoms with Crippen molar-refractivity contribution in [2.24, 2.45) is 0 Å². The third kappa shape index (κ3) is 4.43. The van der Waals surface area contributed by atoms with E-state index in [0.717, 1.165) is 5.39 Å². The maximum Gasteiger partial charge on any atom is 0.305 e. The molecule has 0 saturated carbocycles. The summed E-state index contributed by atoms with van der Waals surface area (Å²) in [5, 5.41) is 12.6. The van der Waals surface area contributed by atoms with E-state index < -0.39 is 48.2 Å². The van der Waals surface area contributed by atoms with Crippen molar-refractivity contribution in [3.8, 4) is 0 Å². The van der Waals surface area contributed by atoms with Crippen molar-refractivity contribution in [1.82, 2.24) is 15.8 Å². The van der Waals surface area contributed by atoms with Crippen molar-refractivity contribution in [3.63, 3.8) is 0 Å². The van der Waals surface area contributed by atoms with Gasteiger partial charge >= 0.3 is 5.97 Å². The van der Waals surface area contributed by atoms with Crippen molar-refractivity contribution in [2.45, 2.75) is 31.4 Å². The molecule has 162 valence electrons. The summed E-state index contributed by atoms with van der Waals surface area (Å²) in [7, 11) is 0. The lowest BCUT2D eigenvalue weighted by molar-refractivity contribution is -0.148. The molecule has 3 rings (SSSR count). The first-order valence-electron chi connectivity index (χ1n) is 9.48. The lowest BCUT2D eigenvalue weighted by Crippen LogP contribution is -2.53. The lowest BCUT2D eigenvalue weighted by atomic mass is 9.96. The van der Waals surface area contributed by atoms with Gasteiger partial charge in [0.15, 0.2) is 11.4 Å². The van der Waals surface area contributed by atoms with Crippen LogP contribution in [0.5, 0.6) is 0 Å². The van der Waals surface area contributed by atoms with E-state index >= 15 is 0 Å². The number of carboxylic acid groups (broad SMARTS) is 1. The van der Waals surface area contributed by atoms with Gasteiger partial charge in [-0.1, -0.05) is 31.2 Å². The Balaban J connectivity index is 1.88. The van der Waals surface area contributed by atoms with E-state index in [-0.39, 0.29) is 17.8 Å².